The first-order chi connectivity index (χ1) is 15.2. The van der Waals surface area contributed by atoms with Crippen LogP contribution in [-0.2, 0) is 17.8 Å². The third-order valence-corrected chi connectivity index (χ3v) is 7.35. The highest BCUT2D eigenvalue weighted by atomic mass is 16.2. The molecule has 2 saturated heterocycles. The molecule has 0 unspecified atom stereocenters. The number of likely N-dealkylation sites (tertiary alicyclic amines) is 1. The molecule has 6 heteroatoms. The van der Waals surface area contributed by atoms with Crippen LogP contribution in [0.2, 0.25) is 0 Å². The van der Waals surface area contributed by atoms with Crippen LogP contribution in [0.5, 0.6) is 0 Å². The van der Waals surface area contributed by atoms with Gasteiger partial charge in [0.1, 0.15) is 5.54 Å². The van der Waals surface area contributed by atoms with Crippen molar-refractivity contribution in [1.29, 1.82) is 0 Å². The lowest BCUT2D eigenvalue weighted by Gasteiger charge is -2.46. The Morgan fingerprint density at radius 1 is 0.968 bits per heavy atom. The number of piperidine rings is 1. The molecular formula is C25H30N4O2. The third-order valence-electron chi connectivity index (χ3n) is 7.35. The minimum atomic E-state index is -0.707. The molecule has 3 amide bonds. The van der Waals surface area contributed by atoms with Crippen LogP contribution < -0.4 is 0 Å². The van der Waals surface area contributed by atoms with Crippen molar-refractivity contribution >= 4 is 11.9 Å². The summed E-state index contributed by atoms with van der Waals surface area (Å²) in [7, 11) is 0. The van der Waals surface area contributed by atoms with Crippen LogP contribution in [0.1, 0.15) is 43.4 Å². The highest BCUT2D eigenvalue weighted by molar-refractivity contribution is 6.07. The predicted molar refractivity (Wildman–Crippen MR) is 118 cm³/mol. The Morgan fingerprint density at radius 3 is 2.35 bits per heavy atom. The van der Waals surface area contributed by atoms with Gasteiger partial charge in [0.2, 0.25) is 0 Å². The lowest BCUT2D eigenvalue weighted by atomic mass is 9.82. The summed E-state index contributed by atoms with van der Waals surface area (Å²) in [5, 5.41) is 0. The smallest absolute Gasteiger partial charge is 0.309 e. The van der Waals surface area contributed by atoms with Gasteiger partial charge in [-0.05, 0) is 49.8 Å². The first-order valence-electron chi connectivity index (χ1n) is 11.5. The minimum absolute atomic E-state index is 0.0375. The SMILES string of the molecule is O=C1N(Cc2ccccn2)C(=O)C2(CCN(C3CCC3)CC2)N1CCc1ccccc1. The highest BCUT2D eigenvalue weighted by Gasteiger charge is 2.58. The molecule has 1 saturated carbocycles. The van der Waals surface area contributed by atoms with Crippen molar-refractivity contribution in [3.05, 3.63) is 66.0 Å². The maximum absolute atomic E-state index is 13.7. The number of benzene rings is 1. The van der Waals surface area contributed by atoms with Crippen molar-refractivity contribution in [3.63, 3.8) is 0 Å². The monoisotopic (exact) mass is 418 g/mol. The van der Waals surface area contributed by atoms with Crippen LogP contribution in [0.3, 0.4) is 0 Å². The van der Waals surface area contributed by atoms with Gasteiger partial charge in [0.05, 0.1) is 12.2 Å². The van der Waals surface area contributed by atoms with E-state index in [1.54, 1.807) is 6.20 Å². The number of hydrogen-bond donors (Lipinski definition) is 0. The van der Waals surface area contributed by atoms with Gasteiger partial charge >= 0.3 is 6.03 Å². The van der Waals surface area contributed by atoms with Gasteiger partial charge in [0.15, 0.2) is 0 Å². The number of pyridine rings is 1. The van der Waals surface area contributed by atoms with Gasteiger partial charge in [-0.3, -0.25) is 14.7 Å². The van der Waals surface area contributed by atoms with E-state index in [2.05, 4.69) is 22.0 Å². The lowest BCUT2D eigenvalue weighted by molar-refractivity contribution is -0.136. The normalized spacial score (nSPS) is 21.7. The molecule has 1 aromatic heterocycles. The van der Waals surface area contributed by atoms with Gasteiger partial charge in [-0.15, -0.1) is 0 Å². The summed E-state index contributed by atoms with van der Waals surface area (Å²) in [5.74, 6) is -0.0375. The molecule has 0 radical (unpaired) electrons. The number of aromatic nitrogens is 1. The first-order valence-corrected chi connectivity index (χ1v) is 11.5. The van der Waals surface area contributed by atoms with Gasteiger partial charge in [0.25, 0.3) is 5.91 Å². The second kappa shape index (κ2) is 8.42. The maximum Gasteiger partial charge on any atom is 0.328 e. The molecule has 6 nitrogen and oxygen atoms in total. The van der Waals surface area contributed by atoms with Gasteiger partial charge < -0.3 is 9.80 Å². The summed E-state index contributed by atoms with van der Waals surface area (Å²) in [6.07, 6.45) is 7.76. The summed E-state index contributed by atoms with van der Waals surface area (Å²) in [5.41, 5.74) is 1.23. The van der Waals surface area contributed by atoms with Gasteiger partial charge in [-0.2, -0.15) is 0 Å². The number of rotatable bonds is 6. The number of urea groups is 1. The Kier molecular flexibility index (Phi) is 5.48. The van der Waals surface area contributed by atoms with Crippen LogP contribution in [0.4, 0.5) is 4.79 Å². The van der Waals surface area contributed by atoms with E-state index in [4.69, 9.17) is 0 Å². The molecule has 2 aliphatic heterocycles. The number of amides is 3. The van der Waals surface area contributed by atoms with E-state index in [1.165, 1.54) is 29.7 Å². The minimum Gasteiger partial charge on any atom is -0.309 e. The summed E-state index contributed by atoms with van der Waals surface area (Å²) < 4.78 is 0. The van der Waals surface area contributed by atoms with E-state index in [0.717, 1.165) is 38.0 Å². The summed E-state index contributed by atoms with van der Waals surface area (Å²) >= 11 is 0. The zero-order chi connectivity index (χ0) is 21.3. The van der Waals surface area contributed by atoms with Crippen molar-refractivity contribution in [2.75, 3.05) is 19.6 Å². The Labute approximate surface area is 183 Å². The zero-order valence-electron chi connectivity index (χ0n) is 17.9. The summed E-state index contributed by atoms with van der Waals surface area (Å²) in [6, 6.07) is 16.3. The molecule has 162 valence electrons. The number of imide groups is 1. The number of hydrogen-bond acceptors (Lipinski definition) is 4. The largest absolute Gasteiger partial charge is 0.328 e. The summed E-state index contributed by atoms with van der Waals surface area (Å²) in [4.78, 5) is 37.4. The first kappa shape index (κ1) is 20.2. The molecule has 5 rings (SSSR count). The molecule has 2 aromatic rings. The van der Waals surface area contributed by atoms with E-state index in [9.17, 15) is 9.59 Å². The molecule has 31 heavy (non-hydrogen) atoms. The van der Waals surface area contributed by atoms with Crippen LogP contribution in [0, 0.1) is 0 Å². The van der Waals surface area contributed by atoms with Gasteiger partial charge in [-0.25, -0.2) is 4.79 Å². The number of carbonyl (C=O) groups is 2. The van der Waals surface area contributed by atoms with Crippen LogP contribution in [-0.4, -0.2) is 62.8 Å². The van der Waals surface area contributed by atoms with Crippen LogP contribution in [0.15, 0.2) is 54.7 Å². The molecule has 1 aliphatic carbocycles. The predicted octanol–water partition coefficient (Wildman–Crippen LogP) is 3.48. The fourth-order valence-electron chi connectivity index (χ4n) is 5.27. The molecular weight excluding hydrogens is 388 g/mol. The third kappa shape index (κ3) is 3.74. The lowest BCUT2D eigenvalue weighted by Crippen LogP contribution is -2.59. The van der Waals surface area contributed by atoms with Crippen LogP contribution >= 0.6 is 0 Å². The van der Waals surface area contributed by atoms with Crippen molar-refractivity contribution in [2.24, 2.45) is 0 Å². The van der Waals surface area contributed by atoms with E-state index in [0.29, 0.717) is 12.6 Å². The standard InChI is InChI=1S/C25H30N4O2/c30-23-25(13-17-27(18-14-25)22-10-6-11-22)29(16-12-20-7-2-1-3-8-20)24(31)28(23)19-21-9-4-5-15-26-21/h1-5,7-9,15,22H,6,10-14,16-19H2. The van der Waals surface area contributed by atoms with Crippen molar-refractivity contribution in [1.82, 2.24) is 19.7 Å². The van der Waals surface area contributed by atoms with E-state index >= 15 is 0 Å². The maximum atomic E-state index is 13.7. The average Bonchev–Trinajstić information content (AvgIpc) is 2.95. The topological polar surface area (TPSA) is 56.8 Å². The molecule has 1 aromatic carbocycles. The Morgan fingerprint density at radius 2 is 1.71 bits per heavy atom. The molecule has 3 fully saturated rings. The fourth-order valence-corrected chi connectivity index (χ4v) is 5.27. The molecule has 0 atom stereocenters. The molecule has 1 spiro atoms. The number of nitrogens with zero attached hydrogens (tertiary/aromatic N) is 4. The Bertz CT molecular complexity index is 921. The molecule has 3 heterocycles. The quantitative estimate of drug-likeness (QED) is 0.674. The van der Waals surface area contributed by atoms with Crippen LogP contribution in [0.25, 0.3) is 0 Å². The van der Waals surface area contributed by atoms with Crippen molar-refractivity contribution < 1.29 is 9.59 Å². The van der Waals surface area contributed by atoms with E-state index in [-0.39, 0.29) is 18.5 Å². The number of carbonyl (C=O) groups excluding carboxylic acids is 2. The van der Waals surface area contributed by atoms with Crippen molar-refractivity contribution in [2.45, 2.75) is 56.7 Å². The molecule has 3 aliphatic rings. The average molecular weight is 419 g/mol. The highest BCUT2D eigenvalue weighted by Crippen LogP contribution is 2.40. The van der Waals surface area contributed by atoms with E-state index < -0.39 is 5.54 Å². The zero-order valence-corrected chi connectivity index (χ0v) is 17.9. The van der Waals surface area contributed by atoms with Gasteiger partial charge in [-0.1, -0.05) is 42.8 Å². The Hall–Kier alpha value is -2.73. The Balaban J connectivity index is 1.38. The second-order valence-corrected chi connectivity index (χ2v) is 9.03. The molecule has 0 bridgehead atoms. The van der Waals surface area contributed by atoms with Gasteiger partial charge in [0, 0.05) is 31.9 Å². The second-order valence-electron chi connectivity index (χ2n) is 9.03. The van der Waals surface area contributed by atoms with Crippen molar-refractivity contribution in [3.8, 4) is 0 Å². The van der Waals surface area contributed by atoms with E-state index in [1.807, 2.05) is 41.3 Å². The summed E-state index contributed by atoms with van der Waals surface area (Å²) in [6.45, 7) is 2.59. The molecule has 0 N–H and O–H groups in total. The fraction of sp³-hybridized carbons (Fsp3) is 0.480.